The maximum Gasteiger partial charge on any atom is 0.129 e. The maximum absolute atomic E-state index is 13.8. The zero-order chi connectivity index (χ0) is 13.9. The largest absolute Gasteiger partial charge is 0.314 e. The second-order valence-electron chi connectivity index (χ2n) is 5.55. The Kier molecular flexibility index (Phi) is 3.97. The van der Waals surface area contributed by atoms with Crippen molar-refractivity contribution in [3.05, 3.63) is 35.1 Å². The van der Waals surface area contributed by atoms with Crippen LogP contribution in [-0.2, 0) is 6.54 Å². The van der Waals surface area contributed by atoms with Gasteiger partial charge >= 0.3 is 0 Å². The molecule has 0 spiro atoms. The number of rotatable bonds is 3. The number of hydrogen-bond donors (Lipinski definition) is 1. The molecule has 2 aliphatic heterocycles. The van der Waals surface area contributed by atoms with Gasteiger partial charge in [0.15, 0.2) is 0 Å². The van der Waals surface area contributed by atoms with Crippen molar-refractivity contribution in [3.63, 3.8) is 0 Å². The Balaban J connectivity index is 1.52. The summed E-state index contributed by atoms with van der Waals surface area (Å²) in [6.45, 7) is 7.04. The summed E-state index contributed by atoms with van der Waals surface area (Å²) < 4.78 is 13.8. The summed E-state index contributed by atoms with van der Waals surface area (Å²) in [7, 11) is 0. The molecule has 0 atom stereocenters. The fourth-order valence-electron chi connectivity index (χ4n) is 2.94. The lowest BCUT2D eigenvalue weighted by molar-refractivity contribution is 0.0217. The molecule has 0 unspecified atom stereocenters. The summed E-state index contributed by atoms with van der Waals surface area (Å²) in [5, 5.41) is 12.1. The summed E-state index contributed by atoms with van der Waals surface area (Å²) in [6, 6.07) is 7.32. The van der Waals surface area contributed by atoms with Crippen molar-refractivity contribution in [3.8, 4) is 6.07 Å². The fraction of sp³-hybridized carbons (Fsp3) is 0.533. The molecule has 2 saturated heterocycles. The molecule has 2 fully saturated rings. The normalized spacial score (nSPS) is 21.4. The first-order valence-corrected chi connectivity index (χ1v) is 7.12. The number of nitrogens with one attached hydrogen (secondary N) is 1. The van der Waals surface area contributed by atoms with E-state index in [1.807, 2.05) is 6.07 Å². The van der Waals surface area contributed by atoms with Crippen LogP contribution in [0.5, 0.6) is 0 Å². The van der Waals surface area contributed by atoms with Crippen molar-refractivity contribution in [2.45, 2.75) is 12.6 Å². The van der Waals surface area contributed by atoms with Crippen LogP contribution in [0.15, 0.2) is 18.2 Å². The zero-order valence-corrected chi connectivity index (χ0v) is 11.5. The summed E-state index contributed by atoms with van der Waals surface area (Å²) in [4.78, 5) is 4.78. The molecule has 106 valence electrons. The van der Waals surface area contributed by atoms with E-state index in [2.05, 4.69) is 15.1 Å². The average molecular weight is 274 g/mol. The van der Waals surface area contributed by atoms with Crippen LogP contribution < -0.4 is 5.32 Å². The van der Waals surface area contributed by atoms with E-state index >= 15 is 0 Å². The molecule has 1 N–H and O–H groups in total. The molecule has 0 aromatic heterocycles. The number of likely N-dealkylation sites (tertiary alicyclic amines) is 1. The van der Waals surface area contributed by atoms with E-state index in [9.17, 15) is 4.39 Å². The van der Waals surface area contributed by atoms with Crippen LogP contribution in [0.4, 0.5) is 4.39 Å². The van der Waals surface area contributed by atoms with Crippen LogP contribution >= 0.6 is 0 Å². The van der Waals surface area contributed by atoms with Gasteiger partial charge in [-0.3, -0.25) is 9.80 Å². The van der Waals surface area contributed by atoms with E-state index in [1.165, 1.54) is 6.07 Å². The van der Waals surface area contributed by atoms with E-state index < -0.39 is 0 Å². The van der Waals surface area contributed by atoms with Crippen LogP contribution in [0, 0.1) is 17.1 Å². The van der Waals surface area contributed by atoms with Crippen molar-refractivity contribution in [1.29, 1.82) is 5.26 Å². The van der Waals surface area contributed by atoms with Crippen LogP contribution in [0.3, 0.4) is 0 Å². The first kappa shape index (κ1) is 13.5. The lowest BCUT2D eigenvalue weighted by Crippen LogP contribution is -2.62. The van der Waals surface area contributed by atoms with E-state index in [1.54, 1.807) is 12.1 Å². The number of hydrogen-bond acceptors (Lipinski definition) is 4. The highest BCUT2D eigenvalue weighted by atomic mass is 19.1. The van der Waals surface area contributed by atoms with Gasteiger partial charge in [0.25, 0.3) is 0 Å². The summed E-state index contributed by atoms with van der Waals surface area (Å²) in [6.07, 6.45) is 0. The molecule has 2 aliphatic rings. The Labute approximate surface area is 118 Å². The minimum Gasteiger partial charge on any atom is -0.314 e. The molecular weight excluding hydrogens is 255 g/mol. The van der Waals surface area contributed by atoms with Crippen LogP contribution in [0.2, 0.25) is 0 Å². The first-order valence-electron chi connectivity index (χ1n) is 7.12. The fourth-order valence-corrected chi connectivity index (χ4v) is 2.94. The predicted octanol–water partition coefficient (Wildman–Crippen LogP) is 0.787. The molecule has 0 bridgehead atoms. The van der Waals surface area contributed by atoms with Crippen LogP contribution in [0.25, 0.3) is 0 Å². The Morgan fingerprint density at radius 2 is 2.05 bits per heavy atom. The second kappa shape index (κ2) is 5.88. The third-order valence-electron chi connectivity index (χ3n) is 4.18. The number of nitrogens with zero attached hydrogens (tertiary/aromatic N) is 3. The van der Waals surface area contributed by atoms with Crippen LogP contribution in [-0.4, -0.2) is 55.1 Å². The van der Waals surface area contributed by atoms with Crippen molar-refractivity contribution in [2.24, 2.45) is 0 Å². The number of nitriles is 1. The Morgan fingerprint density at radius 1 is 1.30 bits per heavy atom. The van der Waals surface area contributed by atoms with Gasteiger partial charge in [0.1, 0.15) is 5.82 Å². The summed E-state index contributed by atoms with van der Waals surface area (Å²) in [5.74, 6) is -0.269. The minimum atomic E-state index is -0.269. The molecule has 20 heavy (non-hydrogen) atoms. The molecule has 2 heterocycles. The van der Waals surface area contributed by atoms with Gasteiger partial charge in [-0.15, -0.1) is 0 Å². The van der Waals surface area contributed by atoms with Crippen molar-refractivity contribution >= 4 is 0 Å². The van der Waals surface area contributed by atoms with Gasteiger partial charge in [0.2, 0.25) is 0 Å². The molecule has 0 amide bonds. The van der Waals surface area contributed by atoms with Crippen molar-refractivity contribution in [2.75, 3.05) is 39.3 Å². The van der Waals surface area contributed by atoms with Gasteiger partial charge in [0, 0.05) is 57.4 Å². The highest BCUT2D eigenvalue weighted by Gasteiger charge is 2.32. The zero-order valence-electron chi connectivity index (χ0n) is 11.5. The van der Waals surface area contributed by atoms with E-state index in [0.717, 1.165) is 39.3 Å². The monoisotopic (exact) mass is 274 g/mol. The molecule has 0 radical (unpaired) electrons. The average Bonchev–Trinajstić information content (AvgIpc) is 2.44. The van der Waals surface area contributed by atoms with E-state index in [0.29, 0.717) is 23.7 Å². The van der Waals surface area contributed by atoms with Gasteiger partial charge in [-0.25, -0.2) is 4.39 Å². The summed E-state index contributed by atoms with van der Waals surface area (Å²) >= 11 is 0. The van der Waals surface area contributed by atoms with E-state index in [4.69, 9.17) is 5.26 Å². The predicted molar refractivity (Wildman–Crippen MR) is 74.6 cm³/mol. The number of piperazine rings is 1. The third-order valence-corrected chi connectivity index (χ3v) is 4.18. The summed E-state index contributed by atoms with van der Waals surface area (Å²) in [5.41, 5.74) is 1.07. The first-order chi connectivity index (χ1) is 9.76. The van der Waals surface area contributed by atoms with Crippen LogP contribution in [0.1, 0.15) is 11.1 Å². The minimum absolute atomic E-state index is 0.269. The number of benzene rings is 1. The molecule has 1 aromatic rings. The van der Waals surface area contributed by atoms with Crippen molar-refractivity contribution < 1.29 is 4.39 Å². The maximum atomic E-state index is 13.8. The van der Waals surface area contributed by atoms with Gasteiger partial charge in [-0.05, 0) is 12.1 Å². The molecule has 1 aromatic carbocycles. The quantitative estimate of drug-likeness (QED) is 0.885. The topological polar surface area (TPSA) is 42.3 Å². The van der Waals surface area contributed by atoms with Gasteiger partial charge < -0.3 is 5.32 Å². The molecule has 3 rings (SSSR count). The molecule has 4 nitrogen and oxygen atoms in total. The Bertz CT molecular complexity index is 513. The smallest absolute Gasteiger partial charge is 0.129 e. The standard InChI is InChI=1S/C15H19FN4/c16-15-7-12(8-17)1-2-13(15)9-19-10-14(11-19)20-5-3-18-4-6-20/h1-2,7,14,18H,3-6,9-11H2. The highest BCUT2D eigenvalue weighted by molar-refractivity contribution is 5.32. The number of halogens is 1. The molecule has 0 saturated carbocycles. The molecule has 0 aliphatic carbocycles. The lowest BCUT2D eigenvalue weighted by Gasteiger charge is -2.46. The SMILES string of the molecule is N#Cc1ccc(CN2CC(N3CCNCC3)C2)c(F)c1. The highest BCUT2D eigenvalue weighted by Crippen LogP contribution is 2.20. The van der Waals surface area contributed by atoms with Gasteiger partial charge in [-0.1, -0.05) is 6.07 Å². The van der Waals surface area contributed by atoms with Gasteiger partial charge in [0.05, 0.1) is 11.6 Å². The Morgan fingerprint density at radius 3 is 2.70 bits per heavy atom. The molecule has 5 heteroatoms. The lowest BCUT2D eigenvalue weighted by atomic mass is 10.0. The van der Waals surface area contributed by atoms with Crippen molar-refractivity contribution in [1.82, 2.24) is 15.1 Å². The third kappa shape index (κ3) is 2.83. The molecular formula is C15H19FN4. The van der Waals surface area contributed by atoms with Gasteiger partial charge in [-0.2, -0.15) is 5.26 Å². The Hall–Kier alpha value is -1.48. The second-order valence-corrected chi connectivity index (χ2v) is 5.55. The van der Waals surface area contributed by atoms with E-state index in [-0.39, 0.29) is 5.82 Å².